The Morgan fingerprint density at radius 2 is 1.58 bits per heavy atom. The molecule has 12 heavy (non-hydrogen) atoms. The number of carboxylic acid groups (broad SMARTS) is 1. The van der Waals surface area contributed by atoms with Crippen molar-refractivity contribution in [3.63, 3.8) is 0 Å². The van der Waals surface area contributed by atoms with E-state index in [4.69, 9.17) is 10.8 Å². The van der Waals surface area contributed by atoms with Gasteiger partial charge in [-0.2, -0.15) is 0 Å². The predicted molar refractivity (Wildman–Crippen MR) is 47.3 cm³/mol. The number of halogens is 1. The predicted octanol–water partition coefficient (Wildman–Crippen LogP) is 1.01. The molecule has 0 bridgehead atoms. The molecule has 0 unspecified atom stereocenters. The summed E-state index contributed by atoms with van der Waals surface area (Å²) in [5.74, 6) is -0.248. The largest absolute Gasteiger partial charge is 0.480 e. The summed E-state index contributed by atoms with van der Waals surface area (Å²) in [6.45, 7) is 0. The molecule has 2 aliphatic rings. The van der Waals surface area contributed by atoms with Crippen molar-refractivity contribution in [3.8, 4) is 0 Å². The third-order valence-corrected chi connectivity index (χ3v) is 2.88. The highest BCUT2D eigenvalue weighted by molar-refractivity contribution is 5.85. The van der Waals surface area contributed by atoms with E-state index in [0.717, 1.165) is 25.7 Å². The number of rotatable bonds is 3. The van der Waals surface area contributed by atoms with Crippen LogP contribution in [0.25, 0.3) is 0 Å². The molecule has 4 heteroatoms. The standard InChI is InChI=1S/C8H13NO2.ClH/c9-8(7(10)11,5-1-2-5)6-3-4-6;/h5-6H,1-4,9H2,(H,10,11);1H. The van der Waals surface area contributed by atoms with Crippen LogP contribution >= 0.6 is 12.4 Å². The summed E-state index contributed by atoms with van der Waals surface area (Å²) in [4.78, 5) is 10.9. The first-order valence-electron chi connectivity index (χ1n) is 4.18. The lowest BCUT2D eigenvalue weighted by molar-refractivity contribution is -0.145. The van der Waals surface area contributed by atoms with E-state index in [1.165, 1.54) is 0 Å². The zero-order valence-corrected chi connectivity index (χ0v) is 7.64. The third-order valence-electron chi connectivity index (χ3n) is 2.88. The van der Waals surface area contributed by atoms with Crippen LogP contribution in [0.1, 0.15) is 25.7 Å². The van der Waals surface area contributed by atoms with Gasteiger partial charge < -0.3 is 10.8 Å². The molecule has 3 nitrogen and oxygen atoms in total. The summed E-state index contributed by atoms with van der Waals surface area (Å²) >= 11 is 0. The first-order chi connectivity index (χ1) is 5.15. The van der Waals surface area contributed by atoms with E-state index in [1.807, 2.05) is 0 Å². The topological polar surface area (TPSA) is 63.3 Å². The Morgan fingerprint density at radius 3 is 1.75 bits per heavy atom. The van der Waals surface area contributed by atoms with Gasteiger partial charge in [0.15, 0.2) is 0 Å². The average molecular weight is 192 g/mol. The molecule has 0 heterocycles. The number of hydrogen-bond acceptors (Lipinski definition) is 2. The van der Waals surface area contributed by atoms with Crippen molar-refractivity contribution in [1.29, 1.82) is 0 Å². The Hall–Kier alpha value is -0.280. The van der Waals surface area contributed by atoms with Gasteiger partial charge in [0, 0.05) is 0 Å². The summed E-state index contributed by atoms with van der Waals surface area (Å²) in [6, 6.07) is 0. The molecule has 0 aromatic rings. The summed E-state index contributed by atoms with van der Waals surface area (Å²) in [5.41, 5.74) is 4.99. The minimum absolute atomic E-state index is 0. The molecule has 2 aliphatic carbocycles. The number of hydrogen-bond donors (Lipinski definition) is 2. The van der Waals surface area contributed by atoms with Crippen molar-refractivity contribution in [2.45, 2.75) is 31.2 Å². The summed E-state index contributed by atoms with van der Waals surface area (Å²) in [7, 11) is 0. The zero-order chi connectivity index (χ0) is 8.06. The van der Waals surface area contributed by atoms with E-state index in [1.54, 1.807) is 0 Å². The monoisotopic (exact) mass is 191 g/mol. The van der Waals surface area contributed by atoms with Crippen molar-refractivity contribution in [2.24, 2.45) is 17.6 Å². The molecule has 70 valence electrons. The van der Waals surface area contributed by atoms with Crippen molar-refractivity contribution >= 4 is 18.4 Å². The van der Waals surface area contributed by atoms with Gasteiger partial charge in [-0.05, 0) is 37.5 Å². The maximum absolute atomic E-state index is 10.9. The SMILES string of the molecule is Cl.NC(C(=O)O)(C1CC1)C1CC1. The van der Waals surface area contributed by atoms with Gasteiger partial charge in [0.1, 0.15) is 5.54 Å². The van der Waals surface area contributed by atoms with Gasteiger partial charge >= 0.3 is 5.97 Å². The van der Waals surface area contributed by atoms with Crippen molar-refractivity contribution in [1.82, 2.24) is 0 Å². The highest BCUT2D eigenvalue weighted by atomic mass is 35.5. The Morgan fingerprint density at radius 1 is 1.25 bits per heavy atom. The number of aliphatic carboxylic acids is 1. The first-order valence-corrected chi connectivity index (χ1v) is 4.18. The van der Waals surface area contributed by atoms with E-state index < -0.39 is 11.5 Å². The first kappa shape index (κ1) is 9.81. The van der Waals surface area contributed by atoms with Gasteiger partial charge in [-0.15, -0.1) is 12.4 Å². The molecule has 0 saturated heterocycles. The Labute approximate surface area is 77.7 Å². The molecule has 0 aliphatic heterocycles. The fourth-order valence-electron chi connectivity index (χ4n) is 1.80. The second-order valence-corrected chi connectivity index (χ2v) is 3.79. The number of carbonyl (C=O) groups is 1. The fourth-order valence-corrected chi connectivity index (χ4v) is 1.80. The van der Waals surface area contributed by atoms with Crippen molar-refractivity contribution in [2.75, 3.05) is 0 Å². The van der Waals surface area contributed by atoms with Crippen LogP contribution in [0.2, 0.25) is 0 Å². The molecule has 2 fully saturated rings. The van der Waals surface area contributed by atoms with E-state index in [2.05, 4.69) is 0 Å². The smallest absolute Gasteiger partial charge is 0.324 e. The van der Waals surface area contributed by atoms with Crippen molar-refractivity contribution < 1.29 is 9.90 Å². The van der Waals surface area contributed by atoms with E-state index in [0.29, 0.717) is 0 Å². The fraction of sp³-hybridized carbons (Fsp3) is 0.875. The van der Waals surface area contributed by atoms with Crippen LogP contribution in [0.5, 0.6) is 0 Å². The van der Waals surface area contributed by atoms with E-state index in [9.17, 15) is 4.79 Å². The average Bonchev–Trinajstić information content (AvgIpc) is 2.79. The van der Waals surface area contributed by atoms with Gasteiger partial charge in [0.25, 0.3) is 0 Å². The molecule has 0 aromatic carbocycles. The Bertz CT molecular complexity index is 187. The van der Waals surface area contributed by atoms with Gasteiger partial charge in [-0.25, -0.2) is 0 Å². The van der Waals surface area contributed by atoms with Crippen LogP contribution < -0.4 is 5.73 Å². The van der Waals surface area contributed by atoms with Crippen LogP contribution in [0.3, 0.4) is 0 Å². The maximum atomic E-state index is 10.9. The van der Waals surface area contributed by atoms with Crippen LogP contribution in [0.4, 0.5) is 0 Å². The summed E-state index contributed by atoms with van der Waals surface area (Å²) in [5, 5.41) is 8.93. The van der Waals surface area contributed by atoms with Crippen LogP contribution in [0, 0.1) is 11.8 Å². The van der Waals surface area contributed by atoms with Crippen LogP contribution in [-0.4, -0.2) is 16.6 Å². The molecule has 2 saturated carbocycles. The molecule has 0 amide bonds. The normalized spacial score (nSPS) is 23.1. The maximum Gasteiger partial charge on any atom is 0.324 e. The molecule has 0 radical (unpaired) electrons. The molecule has 0 atom stereocenters. The number of carboxylic acids is 1. The minimum atomic E-state index is -0.861. The van der Waals surface area contributed by atoms with Crippen LogP contribution in [0.15, 0.2) is 0 Å². The summed E-state index contributed by atoms with van der Waals surface area (Å²) < 4.78 is 0. The molecule has 0 spiro atoms. The second kappa shape index (κ2) is 2.89. The highest BCUT2D eigenvalue weighted by Gasteiger charge is 2.56. The highest BCUT2D eigenvalue weighted by Crippen LogP contribution is 2.50. The molecule has 3 N–H and O–H groups in total. The summed E-state index contributed by atoms with van der Waals surface area (Å²) in [6.07, 6.45) is 4.05. The zero-order valence-electron chi connectivity index (χ0n) is 6.82. The van der Waals surface area contributed by atoms with Gasteiger partial charge in [-0.3, -0.25) is 4.79 Å². The quantitative estimate of drug-likeness (QED) is 0.700. The lowest BCUT2D eigenvalue weighted by atomic mass is 9.89. The Kier molecular flexibility index (Phi) is 2.36. The number of nitrogens with two attached hydrogens (primary N) is 1. The van der Waals surface area contributed by atoms with E-state index in [-0.39, 0.29) is 24.2 Å². The van der Waals surface area contributed by atoms with Crippen molar-refractivity contribution in [3.05, 3.63) is 0 Å². The van der Waals surface area contributed by atoms with Gasteiger partial charge in [0.05, 0.1) is 0 Å². The molecule has 2 rings (SSSR count). The lowest BCUT2D eigenvalue weighted by Gasteiger charge is -2.23. The van der Waals surface area contributed by atoms with E-state index >= 15 is 0 Å². The molecule has 0 aromatic heterocycles. The lowest BCUT2D eigenvalue weighted by Crippen LogP contribution is -2.52. The second-order valence-electron chi connectivity index (χ2n) is 3.79. The van der Waals surface area contributed by atoms with Gasteiger partial charge in [-0.1, -0.05) is 0 Å². The molecular formula is C8H14ClNO2. The Balaban J connectivity index is 0.000000720. The minimum Gasteiger partial charge on any atom is -0.480 e. The van der Waals surface area contributed by atoms with Gasteiger partial charge in [0.2, 0.25) is 0 Å². The van der Waals surface area contributed by atoms with Crippen LogP contribution in [-0.2, 0) is 4.79 Å². The third kappa shape index (κ3) is 1.31. The molecular weight excluding hydrogens is 178 g/mol.